The molecule has 3 aromatic rings. The van der Waals surface area contributed by atoms with Crippen LogP contribution in [0, 0.1) is 6.92 Å². The molecule has 28 heavy (non-hydrogen) atoms. The van der Waals surface area contributed by atoms with Crippen LogP contribution in [0.2, 0.25) is 0 Å². The van der Waals surface area contributed by atoms with Crippen LogP contribution in [0.5, 0.6) is 0 Å². The lowest BCUT2D eigenvalue weighted by molar-refractivity contribution is 0.0927. The molecule has 9 nitrogen and oxygen atoms in total. The summed E-state index contributed by atoms with van der Waals surface area (Å²) in [6.07, 6.45) is 0.653. The van der Waals surface area contributed by atoms with Gasteiger partial charge >= 0.3 is 0 Å². The average molecular weight is 384 g/mol. The van der Waals surface area contributed by atoms with Crippen molar-refractivity contribution in [1.29, 1.82) is 0 Å². The maximum Gasteiger partial charge on any atom is 0.252 e. The van der Waals surface area contributed by atoms with E-state index in [-0.39, 0.29) is 11.9 Å². The van der Waals surface area contributed by atoms with Crippen molar-refractivity contribution in [3.63, 3.8) is 0 Å². The zero-order valence-corrected chi connectivity index (χ0v) is 16.3. The van der Waals surface area contributed by atoms with E-state index in [0.717, 1.165) is 30.1 Å². The lowest BCUT2D eigenvalue weighted by Gasteiger charge is -2.27. The maximum absolute atomic E-state index is 12.8. The van der Waals surface area contributed by atoms with Crippen molar-refractivity contribution in [2.45, 2.75) is 26.3 Å². The van der Waals surface area contributed by atoms with Crippen LogP contribution < -0.4 is 10.2 Å². The number of anilines is 1. The number of benzene rings is 1. The van der Waals surface area contributed by atoms with Gasteiger partial charge in [-0.2, -0.15) is 4.98 Å². The highest BCUT2D eigenvalue weighted by atomic mass is 16.5. The molecule has 1 saturated heterocycles. The van der Waals surface area contributed by atoms with Gasteiger partial charge in [-0.05, 0) is 31.5 Å². The number of nitrogens with zero attached hydrogens (tertiary/aromatic N) is 5. The van der Waals surface area contributed by atoms with Gasteiger partial charge in [0.15, 0.2) is 5.82 Å². The number of amides is 1. The molecule has 1 fully saturated rings. The summed E-state index contributed by atoms with van der Waals surface area (Å²) in [7, 11) is 1.99. The van der Waals surface area contributed by atoms with Gasteiger partial charge in [-0.3, -0.25) is 4.79 Å². The summed E-state index contributed by atoms with van der Waals surface area (Å²) in [5.74, 6) is 1.67. The summed E-state index contributed by atoms with van der Waals surface area (Å²) in [5, 5.41) is 6.76. The summed E-state index contributed by atoms with van der Waals surface area (Å²) in [4.78, 5) is 23.9. The Morgan fingerprint density at radius 1 is 1.29 bits per heavy atom. The first-order valence-electron chi connectivity index (χ1n) is 9.47. The van der Waals surface area contributed by atoms with Gasteiger partial charge in [-0.25, -0.2) is 4.98 Å². The number of nitrogens with one attached hydrogen (secondary N) is 1. The van der Waals surface area contributed by atoms with Crippen molar-refractivity contribution < 1.29 is 14.1 Å². The number of rotatable bonds is 5. The third-order valence-electron chi connectivity index (χ3n) is 4.97. The van der Waals surface area contributed by atoms with Gasteiger partial charge in [0.05, 0.1) is 24.2 Å². The minimum Gasteiger partial charge on any atom is -0.378 e. The van der Waals surface area contributed by atoms with Crippen LogP contribution in [0.3, 0.4) is 0 Å². The molecule has 148 valence electrons. The van der Waals surface area contributed by atoms with E-state index in [1.807, 2.05) is 32.2 Å². The van der Waals surface area contributed by atoms with Gasteiger partial charge in [0.25, 0.3) is 5.91 Å². The van der Waals surface area contributed by atoms with Crippen LogP contribution >= 0.6 is 0 Å². The first kappa shape index (κ1) is 18.4. The van der Waals surface area contributed by atoms with Gasteiger partial charge in [-0.1, -0.05) is 12.1 Å². The van der Waals surface area contributed by atoms with Crippen molar-refractivity contribution in [1.82, 2.24) is 25.0 Å². The number of morpholine rings is 1. The SMILES string of the molecule is CC[C@@H](NC(=O)c1ccc2c(c1)nc(N1CCOCC1)n2C)c1nc(C)no1. The fourth-order valence-electron chi connectivity index (χ4n) is 3.41. The number of carbonyl (C=O) groups is 1. The van der Waals surface area contributed by atoms with Crippen LogP contribution in [0.25, 0.3) is 11.0 Å². The lowest BCUT2D eigenvalue weighted by atomic mass is 10.1. The highest BCUT2D eigenvalue weighted by Gasteiger charge is 2.21. The Morgan fingerprint density at radius 3 is 2.75 bits per heavy atom. The van der Waals surface area contributed by atoms with Crippen LogP contribution in [-0.2, 0) is 11.8 Å². The molecule has 9 heteroatoms. The standard InChI is InChI=1S/C19H24N6O3/c1-4-14(18-20-12(2)23-28-18)21-17(26)13-5-6-16-15(11-13)22-19(24(16)3)25-7-9-27-10-8-25/h5-6,11,14H,4,7-10H2,1-3H3,(H,21,26)/t14-/m1/s1. The van der Waals surface area contributed by atoms with Crippen LogP contribution in [0.4, 0.5) is 5.95 Å². The molecular formula is C19H24N6O3. The maximum atomic E-state index is 12.8. The molecule has 4 rings (SSSR count). The van der Waals surface area contributed by atoms with E-state index in [9.17, 15) is 4.79 Å². The minimum atomic E-state index is -0.322. The van der Waals surface area contributed by atoms with Gasteiger partial charge in [-0.15, -0.1) is 0 Å². The van der Waals surface area contributed by atoms with Crippen molar-refractivity contribution in [2.24, 2.45) is 7.05 Å². The summed E-state index contributed by atoms with van der Waals surface area (Å²) in [6, 6.07) is 5.24. The van der Waals surface area contributed by atoms with Gasteiger partial charge in [0, 0.05) is 25.7 Å². The Kier molecular flexibility index (Phi) is 4.99. The Balaban J connectivity index is 1.57. The molecule has 0 spiro atoms. The molecule has 0 radical (unpaired) electrons. The third kappa shape index (κ3) is 3.45. The van der Waals surface area contributed by atoms with E-state index in [1.165, 1.54) is 0 Å². The fourth-order valence-corrected chi connectivity index (χ4v) is 3.41. The number of aromatic nitrogens is 4. The largest absolute Gasteiger partial charge is 0.378 e. The van der Waals surface area contributed by atoms with Gasteiger partial charge in [0.1, 0.15) is 6.04 Å². The number of hydrogen-bond donors (Lipinski definition) is 1. The second-order valence-corrected chi connectivity index (χ2v) is 6.89. The minimum absolute atomic E-state index is 0.192. The van der Waals surface area contributed by atoms with Crippen LogP contribution in [0.15, 0.2) is 22.7 Å². The van der Waals surface area contributed by atoms with Crippen LogP contribution in [-0.4, -0.2) is 51.9 Å². The Hall–Kier alpha value is -2.94. The second-order valence-electron chi connectivity index (χ2n) is 6.89. The number of imidazole rings is 1. The average Bonchev–Trinajstić information content (AvgIpc) is 3.29. The molecule has 0 saturated carbocycles. The quantitative estimate of drug-likeness (QED) is 0.718. The predicted molar refractivity (Wildman–Crippen MR) is 103 cm³/mol. The Labute approximate surface area is 162 Å². The first-order chi connectivity index (χ1) is 13.6. The number of hydrogen-bond acceptors (Lipinski definition) is 7. The first-order valence-corrected chi connectivity index (χ1v) is 9.47. The van der Waals surface area contributed by atoms with Crippen LogP contribution in [0.1, 0.15) is 41.5 Å². The zero-order chi connectivity index (χ0) is 19.7. The Bertz CT molecular complexity index is 989. The molecule has 1 aliphatic heterocycles. The molecule has 0 unspecified atom stereocenters. The molecule has 2 aromatic heterocycles. The molecule has 1 N–H and O–H groups in total. The molecule has 1 aromatic carbocycles. The van der Waals surface area contributed by atoms with E-state index in [2.05, 4.69) is 24.9 Å². The number of fused-ring (bicyclic) bond motifs is 1. The normalized spacial score (nSPS) is 15.8. The molecular weight excluding hydrogens is 360 g/mol. The predicted octanol–water partition coefficient (Wildman–Crippen LogP) is 1.98. The van der Waals surface area contributed by atoms with Gasteiger partial charge < -0.3 is 24.0 Å². The van der Waals surface area contributed by atoms with E-state index in [1.54, 1.807) is 6.92 Å². The number of aryl methyl sites for hydroxylation is 2. The lowest BCUT2D eigenvalue weighted by Crippen LogP contribution is -2.37. The van der Waals surface area contributed by atoms with E-state index >= 15 is 0 Å². The Morgan fingerprint density at radius 2 is 2.07 bits per heavy atom. The van der Waals surface area contributed by atoms with Crippen molar-refractivity contribution in [2.75, 3.05) is 31.2 Å². The molecule has 0 bridgehead atoms. The molecule has 1 aliphatic rings. The van der Waals surface area contributed by atoms with Gasteiger partial charge in [0.2, 0.25) is 11.8 Å². The number of carbonyl (C=O) groups excluding carboxylic acids is 1. The second kappa shape index (κ2) is 7.59. The smallest absolute Gasteiger partial charge is 0.252 e. The van der Waals surface area contributed by atoms with E-state index in [0.29, 0.717) is 36.9 Å². The number of ether oxygens (including phenoxy) is 1. The monoisotopic (exact) mass is 384 g/mol. The van der Waals surface area contributed by atoms with Crippen molar-refractivity contribution in [3.8, 4) is 0 Å². The highest BCUT2D eigenvalue weighted by molar-refractivity contribution is 5.97. The van der Waals surface area contributed by atoms with E-state index in [4.69, 9.17) is 14.2 Å². The highest BCUT2D eigenvalue weighted by Crippen LogP contribution is 2.23. The molecule has 3 heterocycles. The summed E-state index contributed by atoms with van der Waals surface area (Å²) < 4.78 is 12.7. The molecule has 1 atom stereocenters. The van der Waals surface area contributed by atoms with E-state index < -0.39 is 0 Å². The molecule has 0 aliphatic carbocycles. The fraction of sp³-hybridized carbons (Fsp3) is 0.474. The summed E-state index contributed by atoms with van der Waals surface area (Å²) >= 11 is 0. The summed E-state index contributed by atoms with van der Waals surface area (Å²) in [5.41, 5.74) is 2.32. The summed E-state index contributed by atoms with van der Waals surface area (Å²) in [6.45, 7) is 6.73. The van der Waals surface area contributed by atoms with Crippen molar-refractivity contribution >= 4 is 22.9 Å². The van der Waals surface area contributed by atoms with Crippen molar-refractivity contribution in [3.05, 3.63) is 35.5 Å². The topological polar surface area (TPSA) is 98.3 Å². The molecule has 1 amide bonds. The zero-order valence-electron chi connectivity index (χ0n) is 16.3. The third-order valence-corrected chi connectivity index (χ3v) is 4.97.